The van der Waals surface area contributed by atoms with Crippen molar-refractivity contribution in [2.45, 2.75) is 33.7 Å². The number of benzene rings is 1. The number of hydrogen-bond acceptors (Lipinski definition) is 3. The molecule has 0 spiro atoms. The van der Waals surface area contributed by atoms with Gasteiger partial charge in [-0.25, -0.2) is 9.97 Å². The normalized spacial score (nSPS) is 10.7. The molecule has 0 saturated heterocycles. The lowest BCUT2D eigenvalue weighted by Gasteiger charge is -2.07. The van der Waals surface area contributed by atoms with Crippen molar-refractivity contribution in [3.05, 3.63) is 47.3 Å². The van der Waals surface area contributed by atoms with Crippen molar-refractivity contribution in [2.24, 2.45) is 0 Å². The number of rotatable bonds is 5. The molecule has 0 fully saturated rings. The minimum Gasteiger partial charge on any atom is -0.311 e. The van der Waals surface area contributed by atoms with Gasteiger partial charge in [0.2, 0.25) is 0 Å². The summed E-state index contributed by atoms with van der Waals surface area (Å²) in [6.07, 6.45) is 1.06. The zero-order chi connectivity index (χ0) is 13.7. The van der Waals surface area contributed by atoms with Crippen molar-refractivity contribution >= 4 is 0 Å². The van der Waals surface area contributed by atoms with E-state index in [0.29, 0.717) is 0 Å². The zero-order valence-electron chi connectivity index (χ0n) is 11.9. The summed E-state index contributed by atoms with van der Waals surface area (Å²) in [7, 11) is 0. The highest BCUT2D eigenvalue weighted by atomic mass is 14.9. The molecule has 0 amide bonds. The Hall–Kier alpha value is -1.74. The van der Waals surface area contributed by atoms with Crippen molar-refractivity contribution in [3.63, 3.8) is 0 Å². The SMILES string of the molecule is CCNCc1cc(C)nc(-c2ccc(CC)cc2)n1. The monoisotopic (exact) mass is 255 g/mol. The quantitative estimate of drug-likeness (QED) is 0.892. The molecule has 1 heterocycles. The number of nitrogens with one attached hydrogen (secondary N) is 1. The van der Waals surface area contributed by atoms with Crippen LogP contribution in [0.4, 0.5) is 0 Å². The third-order valence-corrected chi connectivity index (χ3v) is 3.08. The highest BCUT2D eigenvalue weighted by Gasteiger charge is 2.05. The lowest BCUT2D eigenvalue weighted by molar-refractivity contribution is 0.708. The van der Waals surface area contributed by atoms with E-state index in [4.69, 9.17) is 0 Å². The van der Waals surface area contributed by atoms with Crippen LogP contribution in [0.3, 0.4) is 0 Å². The maximum atomic E-state index is 4.62. The smallest absolute Gasteiger partial charge is 0.159 e. The van der Waals surface area contributed by atoms with Gasteiger partial charge in [0.05, 0.1) is 5.69 Å². The van der Waals surface area contributed by atoms with Gasteiger partial charge in [0.25, 0.3) is 0 Å². The third-order valence-electron chi connectivity index (χ3n) is 3.08. The van der Waals surface area contributed by atoms with E-state index in [9.17, 15) is 0 Å². The molecular formula is C16H21N3. The van der Waals surface area contributed by atoms with Crippen LogP contribution >= 0.6 is 0 Å². The Balaban J connectivity index is 2.29. The first kappa shape index (κ1) is 13.7. The topological polar surface area (TPSA) is 37.8 Å². The first-order valence-electron chi connectivity index (χ1n) is 6.87. The van der Waals surface area contributed by atoms with E-state index < -0.39 is 0 Å². The zero-order valence-corrected chi connectivity index (χ0v) is 11.9. The van der Waals surface area contributed by atoms with Crippen LogP contribution in [0.15, 0.2) is 30.3 Å². The van der Waals surface area contributed by atoms with Crippen LogP contribution in [0.5, 0.6) is 0 Å². The summed E-state index contributed by atoms with van der Waals surface area (Å²) in [6, 6.07) is 10.5. The molecule has 0 bridgehead atoms. The fraction of sp³-hybridized carbons (Fsp3) is 0.375. The summed E-state index contributed by atoms with van der Waals surface area (Å²) < 4.78 is 0. The van der Waals surface area contributed by atoms with E-state index in [2.05, 4.69) is 53.4 Å². The Bertz CT molecular complexity index is 532. The predicted octanol–water partition coefficient (Wildman–Crippen LogP) is 3.12. The fourth-order valence-corrected chi connectivity index (χ4v) is 2.00. The predicted molar refractivity (Wildman–Crippen MR) is 79.0 cm³/mol. The maximum Gasteiger partial charge on any atom is 0.159 e. The highest BCUT2D eigenvalue weighted by molar-refractivity contribution is 5.55. The van der Waals surface area contributed by atoms with Crippen LogP contribution in [0.1, 0.15) is 30.8 Å². The standard InChI is InChI=1S/C16H21N3/c1-4-13-6-8-14(9-7-13)16-18-12(3)10-15(19-16)11-17-5-2/h6-10,17H,4-5,11H2,1-3H3. The summed E-state index contributed by atoms with van der Waals surface area (Å²) in [5.74, 6) is 0.815. The van der Waals surface area contributed by atoms with Crippen LogP contribution in [-0.4, -0.2) is 16.5 Å². The van der Waals surface area contributed by atoms with Crippen LogP contribution < -0.4 is 5.32 Å². The molecule has 0 aliphatic rings. The molecule has 1 aromatic carbocycles. The average Bonchev–Trinajstić information content (AvgIpc) is 2.44. The van der Waals surface area contributed by atoms with Gasteiger partial charge >= 0.3 is 0 Å². The molecule has 0 aliphatic carbocycles. The van der Waals surface area contributed by atoms with Crippen molar-refractivity contribution in [3.8, 4) is 11.4 Å². The Kier molecular flexibility index (Phi) is 4.63. The molecular weight excluding hydrogens is 234 g/mol. The van der Waals surface area contributed by atoms with Gasteiger partial charge in [-0.05, 0) is 31.5 Å². The van der Waals surface area contributed by atoms with E-state index in [1.54, 1.807) is 0 Å². The number of aromatic nitrogens is 2. The lowest BCUT2D eigenvalue weighted by Crippen LogP contribution is -2.13. The fourth-order valence-electron chi connectivity index (χ4n) is 2.00. The van der Waals surface area contributed by atoms with Gasteiger partial charge in [0.1, 0.15) is 0 Å². The van der Waals surface area contributed by atoms with Gasteiger partial charge in [0, 0.05) is 17.8 Å². The van der Waals surface area contributed by atoms with Crippen LogP contribution in [0.2, 0.25) is 0 Å². The Morgan fingerprint density at radius 1 is 1.05 bits per heavy atom. The first-order chi connectivity index (χ1) is 9.22. The second kappa shape index (κ2) is 6.43. The maximum absolute atomic E-state index is 4.62. The molecule has 0 radical (unpaired) electrons. The average molecular weight is 255 g/mol. The van der Waals surface area contributed by atoms with Gasteiger partial charge in [-0.2, -0.15) is 0 Å². The van der Waals surface area contributed by atoms with Gasteiger partial charge in [0.15, 0.2) is 5.82 Å². The van der Waals surface area contributed by atoms with Gasteiger partial charge in [-0.15, -0.1) is 0 Å². The van der Waals surface area contributed by atoms with Gasteiger partial charge in [-0.3, -0.25) is 0 Å². The molecule has 1 aromatic heterocycles. The molecule has 2 aromatic rings. The Morgan fingerprint density at radius 2 is 1.79 bits per heavy atom. The van der Waals surface area contributed by atoms with Crippen molar-refractivity contribution in [1.29, 1.82) is 0 Å². The van der Waals surface area contributed by atoms with E-state index in [1.165, 1.54) is 5.56 Å². The molecule has 100 valence electrons. The molecule has 0 saturated carbocycles. The minimum atomic E-state index is 0.792. The van der Waals surface area contributed by atoms with Crippen LogP contribution in [0, 0.1) is 6.92 Å². The summed E-state index contributed by atoms with van der Waals surface area (Å²) in [6.45, 7) is 8.01. The number of nitrogens with zero attached hydrogens (tertiary/aromatic N) is 2. The highest BCUT2D eigenvalue weighted by Crippen LogP contribution is 2.17. The molecule has 3 nitrogen and oxygen atoms in total. The second-order valence-electron chi connectivity index (χ2n) is 4.66. The van der Waals surface area contributed by atoms with E-state index in [-0.39, 0.29) is 0 Å². The van der Waals surface area contributed by atoms with Crippen molar-refractivity contribution < 1.29 is 0 Å². The minimum absolute atomic E-state index is 0.792. The van der Waals surface area contributed by atoms with Crippen molar-refractivity contribution in [2.75, 3.05) is 6.54 Å². The van der Waals surface area contributed by atoms with Gasteiger partial charge < -0.3 is 5.32 Å². The van der Waals surface area contributed by atoms with Crippen molar-refractivity contribution in [1.82, 2.24) is 15.3 Å². The molecule has 0 unspecified atom stereocenters. The molecule has 19 heavy (non-hydrogen) atoms. The van der Waals surface area contributed by atoms with E-state index in [1.807, 2.05) is 13.0 Å². The third kappa shape index (κ3) is 3.61. The number of aryl methyl sites for hydroxylation is 2. The summed E-state index contributed by atoms with van der Waals surface area (Å²) in [4.78, 5) is 9.15. The molecule has 1 N–H and O–H groups in total. The van der Waals surface area contributed by atoms with E-state index in [0.717, 1.165) is 42.3 Å². The summed E-state index contributed by atoms with van der Waals surface area (Å²) in [5, 5.41) is 3.30. The second-order valence-corrected chi connectivity index (χ2v) is 4.66. The Labute approximate surface area is 115 Å². The van der Waals surface area contributed by atoms with Gasteiger partial charge in [-0.1, -0.05) is 38.1 Å². The summed E-state index contributed by atoms with van der Waals surface area (Å²) >= 11 is 0. The molecule has 0 atom stereocenters. The Morgan fingerprint density at radius 3 is 2.42 bits per heavy atom. The largest absolute Gasteiger partial charge is 0.311 e. The first-order valence-corrected chi connectivity index (χ1v) is 6.87. The molecule has 2 rings (SSSR count). The van der Waals surface area contributed by atoms with Crippen LogP contribution in [0.25, 0.3) is 11.4 Å². The van der Waals surface area contributed by atoms with Crippen LogP contribution in [-0.2, 0) is 13.0 Å². The molecule has 3 heteroatoms. The lowest BCUT2D eigenvalue weighted by atomic mass is 10.1. The number of hydrogen-bond donors (Lipinski definition) is 1. The molecule has 0 aliphatic heterocycles. The summed E-state index contributed by atoms with van der Waals surface area (Å²) in [5.41, 5.74) is 4.48. The van der Waals surface area contributed by atoms with E-state index >= 15 is 0 Å².